The van der Waals surface area contributed by atoms with E-state index in [1.54, 1.807) is 45.9 Å². The van der Waals surface area contributed by atoms with E-state index < -0.39 is 17.3 Å². The molecule has 3 rings (SSSR count). The third-order valence-corrected chi connectivity index (χ3v) is 5.98. The summed E-state index contributed by atoms with van der Waals surface area (Å²) in [5.41, 5.74) is -0.984. The Morgan fingerprint density at radius 3 is 2.74 bits per heavy atom. The number of ether oxygens (including phenoxy) is 2. The zero-order valence-corrected chi connectivity index (χ0v) is 21.3. The molecular weight excluding hydrogens is 476 g/mol. The molecule has 0 spiro atoms. The lowest BCUT2D eigenvalue weighted by Gasteiger charge is -2.39. The Hall–Kier alpha value is -3.01. The second-order valence-corrected chi connectivity index (χ2v) is 9.76. The molecule has 0 aliphatic carbocycles. The van der Waals surface area contributed by atoms with Gasteiger partial charge in [0.1, 0.15) is 5.75 Å². The lowest BCUT2D eigenvalue weighted by Crippen LogP contribution is -2.54. The largest absolute Gasteiger partial charge is 0.476 e. The van der Waals surface area contributed by atoms with Crippen LogP contribution in [0.15, 0.2) is 18.2 Å². The van der Waals surface area contributed by atoms with Gasteiger partial charge in [-0.05, 0) is 51.8 Å². The van der Waals surface area contributed by atoms with E-state index in [1.807, 2.05) is 0 Å². The van der Waals surface area contributed by atoms with Crippen LogP contribution in [0.2, 0.25) is 0 Å². The van der Waals surface area contributed by atoms with Gasteiger partial charge in [-0.3, -0.25) is 14.4 Å². The second kappa shape index (κ2) is 11.2. The first-order chi connectivity index (χ1) is 16.5. The summed E-state index contributed by atoms with van der Waals surface area (Å²) in [6.45, 7) is 8.06. The summed E-state index contributed by atoms with van der Waals surface area (Å²) in [4.78, 5) is 53.0. The smallest absolute Gasteiger partial charge is 0.411 e. The van der Waals surface area contributed by atoms with Crippen molar-refractivity contribution in [1.82, 2.24) is 15.5 Å². The number of likely N-dealkylation sites (tertiary alicyclic amines) is 1. The highest BCUT2D eigenvalue weighted by molar-refractivity contribution is 6.19. The second-order valence-electron chi connectivity index (χ2n) is 9.14. The van der Waals surface area contributed by atoms with Crippen LogP contribution < -0.4 is 20.3 Å². The van der Waals surface area contributed by atoms with Crippen molar-refractivity contribution in [3.05, 3.63) is 23.8 Å². The van der Waals surface area contributed by atoms with Gasteiger partial charge in [-0.15, -0.1) is 0 Å². The van der Waals surface area contributed by atoms with E-state index in [0.29, 0.717) is 36.5 Å². The molecule has 1 aromatic carbocycles. The molecule has 4 amide bonds. The maximum absolute atomic E-state index is 13.1. The monoisotopic (exact) mass is 508 g/mol. The fourth-order valence-electron chi connectivity index (χ4n) is 4.11. The summed E-state index contributed by atoms with van der Waals surface area (Å²) in [5.74, 6) is -0.211. The zero-order valence-electron chi connectivity index (χ0n) is 20.6. The van der Waals surface area contributed by atoms with Crippen LogP contribution in [0.25, 0.3) is 0 Å². The number of nitrogens with zero attached hydrogens (tertiary/aromatic N) is 2. The van der Waals surface area contributed by atoms with Crippen LogP contribution in [0.3, 0.4) is 0 Å². The number of hydrogen-bond acceptors (Lipinski definition) is 6. The van der Waals surface area contributed by atoms with E-state index in [9.17, 15) is 19.2 Å². The molecule has 0 radical (unpaired) electrons. The molecule has 0 saturated carbocycles. The molecule has 2 atom stereocenters. The molecule has 1 unspecified atom stereocenters. The topological polar surface area (TPSA) is 117 Å². The summed E-state index contributed by atoms with van der Waals surface area (Å²) in [6.07, 6.45) is 1.28. The van der Waals surface area contributed by atoms with Gasteiger partial charge in [0.2, 0.25) is 5.91 Å². The highest BCUT2D eigenvalue weighted by Gasteiger charge is 2.41. The molecule has 192 valence electrons. The molecule has 35 heavy (non-hydrogen) atoms. The first-order valence-corrected chi connectivity index (χ1v) is 12.3. The molecule has 1 saturated heterocycles. The number of amides is 4. The third kappa shape index (κ3) is 6.56. The molecule has 2 aliphatic rings. The maximum Gasteiger partial charge on any atom is 0.411 e. The standard InChI is InChI=1S/C24H33ClN4O6/c1-5-20(30)26-10-12-29-18-13-16(8-9-19(18)35-24(3,4)22(29)32)21(31)27-17-7-6-11-28(14-17)23(33)34-15(2)25/h8-9,13,15,17H,5-7,10-12,14H2,1-4H3,(H,26,30)(H,27,31)/t15?,17-/m1/s1. The van der Waals surface area contributed by atoms with Crippen LogP contribution in [-0.4, -0.2) is 72.1 Å². The van der Waals surface area contributed by atoms with Crippen LogP contribution in [0.5, 0.6) is 5.75 Å². The fourth-order valence-corrected chi connectivity index (χ4v) is 4.18. The summed E-state index contributed by atoms with van der Waals surface area (Å²) in [5, 5.41) is 5.74. The van der Waals surface area contributed by atoms with Crippen LogP contribution in [-0.2, 0) is 14.3 Å². The zero-order chi connectivity index (χ0) is 25.8. The van der Waals surface area contributed by atoms with Gasteiger partial charge in [0.25, 0.3) is 11.8 Å². The van der Waals surface area contributed by atoms with Crippen LogP contribution in [0.4, 0.5) is 10.5 Å². The number of fused-ring (bicyclic) bond motifs is 1. The molecule has 2 heterocycles. The lowest BCUT2D eigenvalue weighted by molar-refractivity contribution is -0.132. The SMILES string of the molecule is CCC(=O)NCCN1C(=O)C(C)(C)Oc2ccc(C(=O)N[C@@H]3CCCN(C(=O)OC(C)Cl)C3)cc21. The molecule has 0 bridgehead atoms. The highest BCUT2D eigenvalue weighted by Crippen LogP contribution is 2.38. The van der Waals surface area contributed by atoms with Crippen molar-refractivity contribution in [3.63, 3.8) is 0 Å². The molecule has 1 fully saturated rings. The Morgan fingerprint density at radius 1 is 1.31 bits per heavy atom. The molecule has 0 aromatic heterocycles. The quantitative estimate of drug-likeness (QED) is 0.547. The molecule has 1 aromatic rings. The summed E-state index contributed by atoms with van der Waals surface area (Å²) >= 11 is 5.75. The van der Waals surface area contributed by atoms with Gasteiger partial charge >= 0.3 is 6.09 Å². The van der Waals surface area contributed by atoms with Crippen LogP contribution >= 0.6 is 11.6 Å². The van der Waals surface area contributed by atoms with Crippen molar-refractivity contribution in [2.75, 3.05) is 31.1 Å². The predicted molar refractivity (Wildman–Crippen MR) is 131 cm³/mol. The number of anilines is 1. The summed E-state index contributed by atoms with van der Waals surface area (Å²) < 4.78 is 10.9. The van der Waals surface area contributed by atoms with Gasteiger partial charge < -0.3 is 29.9 Å². The predicted octanol–water partition coefficient (Wildman–Crippen LogP) is 2.63. The number of hydrogen-bond donors (Lipinski definition) is 2. The molecule has 10 nitrogen and oxygen atoms in total. The van der Waals surface area contributed by atoms with E-state index in [0.717, 1.165) is 12.8 Å². The third-order valence-electron chi connectivity index (χ3n) is 5.89. The van der Waals surface area contributed by atoms with E-state index >= 15 is 0 Å². The fraction of sp³-hybridized carbons (Fsp3) is 0.583. The first kappa shape index (κ1) is 26.6. The number of alkyl halides is 1. The van der Waals surface area contributed by atoms with Gasteiger partial charge in [0, 0.05) is 44.2 Å². The Balaban J connectivity index is 1.73. The Kier molecular flexibility index (Phi) is 8.47. The number of halogens is 1. The lowest BCUT2D eigenvalue weighted by atomic mass is 10.0. The number of piperidine rings is 1. The molecule has 2 N–H and O–H groups in total. The molecular formula is C24H33ClN4O6. The Bertz CT molecular complexity index is 983. The van der Waals surface area contributed by atoms with E-state index in [4.69, 9.17) is 21.1 Å². The number of carbonyl (C=O) groups excluding carboxylic acids is 4. The van der Waals surface area contributed by atoms with Crippen molar-refractivity contribution < 1.29 is 28.7 Å². The Morgan fingerprint density at radius 2 is 2.06 bits per heavy atom. The summed E-state index contributed by atoms with van der Waals surface area (Å²) in [6, 6.07) is 4.68. The van der Waals surface area contributed by atoms with Crippen molar-refractivity contribution in [2.45, 2.75) is 64.2 Å². The molecule has 2 aliphatic heterocycles. The van der Waals surface area contributed by atoms with Crippen LogP contribution in [0.1, 0.15) is 57.3 Å². The van der Waals surface area contributed by atoms with Gasteiger partial charge in [-0.1, -0.05) is 18.5 Å². The maximum atomic E-state index is 13.1. The average Bonchev–Trinajstić information content (AvgIpc) is 2.80. The number of benzene rings is 1. The van der Waals surface area contributed by atoms with E-state index in [-0.39, 0.29) is 36.9 Å². The van der Waals surface area contributed by atoms with Gasteiger partial charge in [-0.25, -0.2) is 4.79 Å². The summed E-state index contributed by atoms with van der Waals surface area (Å²) in [7, 11) is 0. The number of nitrogens with one attached hydrogen (secondary N) is 2. The van der Waals surface area contributed by atoms with Gasteiger partial charge in [0.15, 0.2) is 11.2 Å². The van der Waals surface area contributed by atoms with Crippen molar-refractivity contribution in [1.29, 1.82) is 0 Å². The first-order valence-electron chi connectivity index (χ1n) is 11.8. The Labute approximate surface area is 210 Å². The minimum Gasteiger partial charge on any atom is -0.476 e. The van der Waals surface area contributed by atoms with Crippen LogP contribution in [0, 0.1) is 0 Å². The minimum absolute atomic E-state index is 0.107. The van der Waals surface area contributed by atoms with Crippen molar-refractivity contribution >= 4 is 41.1 Å². The molecule has 11 heteroatoms. The number of carbonyl (C=O) groups is 4. The highest BCUT2D eigenvalue weighted by atomic mass is 35.5. The minimum atomic E-state index is -1.08. The van der Waals surface area contributed by atoms with Gasteiger partial charge in [-0.2, -0.15) is 0 Å². The van der Waals surface area contributed by atoms with Crippen molar-refractivity contribution in [2.24, 2.45) is 0 Å². The van der Waals surface area contributed by atoms with E-state index in [2.05, 4.69) is 10.6 Å². The normalized spacial score (nSPS) is 19.8. The van der Waals surface area contributed by atoms with E-state index in [1.165, 1.54) is 9.80 Å². The van der Waals surface area contributed by atoms with Gasteiger partial charge in [0.05, 0.1) is 5.69 Å². The average molecular weight is 509 g/mol. The van der Waals surface area contributed by atoms with Crippen molar-refractivity contribution in [3.8, 4) is 5.75 Å². The number of rotatable bonds is 7.